The maximum Gasteiger partial charge on any atom is 0.338 e. The van der Waals surface area contributed by atoms with Crippen LogP contribution in [0.2, 0.25) is 0 Å². The summed E-state index contributed by atoms with van der Waals surface area (Å²) in [7, 11) is 0. The summed E-state index contributed by atoms with van der Waals surface area (Å²) in [6.07, 6.45) is 6.65. The van der Waals surface area contributed by atoms with E-state index >= 15 is 0 Å². The summed E-state index contributed by atoms with van der Waals surface area (Å²) in [5.74, 6) is -2.03. The number of nitrogens with one attached hydrogen (secondary N) is 2. The Bertz CT molecular complexity index is 796. The van der Waals surface area contributed by atoms with Gasteiger partial charge in [0.15, 0.2) is 6.61 Å². The van der Waals surface area contributed by atoms with Gasteiger partial charge in [0.05, 0.1) is 5.56 Å². The van der Waals surface area contributed by atoms with Crippen LogP contribution in [0.4, 0.5) is 13.6 Å². The topological polar surface area (TPSA) is 84.5 Å². The Morgan fingerprint density at radius 1 is 1.03 bits per heavy atom. The standard InChI is InChI=1S/C21H24F2N2O4S/c22-19(23)30-16-3-1-15(2-4-16)18(27)29-11-17(26)24-20(28)25-21-8-12-5-13(9-21)7-14(6-12)10-21/h1-4,12-14,19H,5-11H2,(H2,24,25,26,28). The first-order valence-corrected chi connectivity index (χ1v) is 11.0. The average molecular weight is 438 g/mol. The fourth-order valence-corrected chi connectivity index (χ4v) is 6.18. The van der Waals surface area contributed by atoms with Crippen molar-refractivity contribution in [1.29, 1.82) is 0 Å². The van der Waals surface area contributed by atoms with E-state index in [2.05, 4.69) is 10.6 Å². The zero-order valence-electron chi connectivity index (χ0n) is 16.4. The highest BCUT2D eigenvalue weighted by Crippen LogP contribution is 2.55. The third-order valence-corrected chi connectivity index (χ3v) is 7.04. The molecular formula is C21H24F2N2O4S. The SMILES string of the molecule is O=C(COC(=O)c1ccc(SC(F)F)cc1)NC(=O)NC12CC3CC(CC(C3)C1)C2. The van der Waals surface area contributed by atoms with Crippen molar-refractivity contribution < 1.29 is 27.9 Å². The van der Waals surface area contributed by atoms with Gasteiger partial charge in [-0.1, -0.05) is 11.8 Å². The molecule has 162 valence electrons. The van der Waals surface area contributed by atoms with E-state index in [1.165, 1.54) is 43.5 Å². The van der Waals surface area contributed by atoms with Crippen LogP contribution in [-0.2, 0) is 9.53 Å². The third-order valence-electron chi connectivity index (χ3n) is 6.32. The molecule has 0 spiro atoms. The number of ether oxygens (including phenoxy) is 1. The molecule has 0 radical (unpaired) electrons. The average Bonchev–Trinajstić information content (AvgIpc) is 2.64. The molecule has 1 aromatic carbocycles. The fraction of sp³-hybridized carbons (Fsp3) is 0.571. The van der Waals surface area contributed by atoms with Crippen molar-refractivity contribution in [2.45, 2.75) is 54.7 Å². The maximum absolute atomic E-state index is 12.3. The lowest BCUT2D eigenvalue weighted by Gasteiger charge is -2.56. The number of hydrogen-bond acceptors (Lipinski definition) is 5. The Kier molecular flexibility index (Phi) is 5.99. The van der Waals surface area contributed by atoms with Gasteiger partial charge in [0.25, 0.3) is 11.7 Å². The van der Waals surface area contributed by atoms with Crippen molar-refractivity contribution in [2.75, 3.05) is 6.61 Å². The van der Waals surface area contributed by atoms with Crippen LogP contribution in [-0.4, -0.2) is 35.8 Å². The molecule has 9 heteroatoms. The Balaban J connectivity index is 1.23. The summed E-state index contributed by atoms with van der Waals surface area (Å²) < 4.78 is 29.6. The number of alkyl halides is 2. The Labute approximate surface area is 177 Å². The van der Waals surface area contributed by atoms with Crippen molar-refractivity contribution >= 4 is 29.7 Å². The number of rotatable bonds is 6. The minimum absolute atomic E-state index is 0.138. The molecular weight excluding hydrogens is 414 g/mol. The fourth-order valence-electron chi connectivity index (χ4n) is 5.69. The van der Waals surface area contributed by atoms with Gasteiger partial charge in [0.2, 0.25) is 0 Å². The second-order valence-electron chi connectivity index (χ2n) is 8.68. The van der Waals surface area contributed by atoms with Crippen LogP contribution in [0.15, 0.2) is 29.2 Å². The first kappa shape index (κ1) is 21.1. The number of halogens is 2. The van der Waals surface area contributed by atoms with Crippen molar-refractivity contribution in [2.24, 2.45) is 17.8 Å². The van der Waals surface area contributed by atoms with E-state index in [-0.39, 0.29) is 11.1 Å². The molecule has 2 N–H and O–H groups in total. The normalized spacial score (nSPS) is 29.0. The summed E-state index contributed by atoms with van der Waals surface area (Å²) in [5.41, 5.74) is -0.0761. The van der Waals surface area contributed by atoms with Crippen molar-refractivity contribution in [3.05, 3.63) is 29.8 Å². The van der Waals surface area contributed by atoms with E-state index in [1.54, 1.807) is 0 Å². The highest BCUT2D eigenvalue weighted by molar-refractivity contribution is 7.99. The number of esters is 1. The van der Waals surface area contributed by atoms with E-state index in [4.69, 9.17) is 4.74 Å². The van der Waals surface area contributed by atoms with Gasteiger partial charge in [-0.05, 0) is 80.5 Å². The van der Waals surface area contributed by atoms with Crippen molar-refractivity contribution in [1.82, 2.24) is 10.6 Å². The molecule has 6 nitrogen and oxygen atoms in total. The van der Waals surface area contributed by atoms with Crippen LogP contribution in [0.25, 0.3) is 0 Å². The molecule has 0 saturated heterocycles. The Hall–Kier alpha value is -2.16. The van der Waals surface area contributed by atoms with Crippen LogP contribution in [0.3, 0.4) is 0 Å². The van der Waals surface area contributed by atoms with Crippen LogP contribution in [0.1, 0.15) is 48.9 Å². The monoisotopic (exact) mass is 438 g/mol. The zero-order valence-corrected chi connectivity index (χ0v) is 17.2. The van der Waals surface area contributed by atoms with Gasteiger partial charge < -0.3 is 10.1 Å². The molecule has 4 fully saturated rings. The Morgan fingerprint density at radius 2 is 1.60 bits per heavy atom. The van der Waals surface area contributed by atoms with Crippen molar-refractivity contribution in [3.63, 3.8) is 0 Å². The molecule has 0 aliphatic heterocycles. The van der Waals surface area contributed by atoms with E-state index in [0.29, 0.717) is 34.4 Å². The molecule has 5 rings (SSSR count). The molecule has 0 unspecified atom stereocenters. The van der Waals surface area contributed by atoms with Gasteiger partial charge in [-0.15, -0.1) is 0 Å². The largest absolute Gasteiger partial charge is 0.452 e. The van der Waals surface area contributed by atoms with E-state index < -0.39 is 30.3 Å². The summed E-state index contributed by atoms with van der Waals surface area (Å²) in [5, 5.41) is 5.26. The van der Waals surface area contributed by atoms with E-state index in [9.17, 15) is 23.2 Å². The van der Waals surface area contributed by atoms with Gasteiger partial charge in [-0.25, -0.2) is 9.59 Å². The number of amides is 3. The van der Waals surface area contributed by atoms with E-state index in [1.807, 2.05) is 0 Å². The van der Waals surface area contributed by atoms with Gasteiger partial charge in [0.1, 0.15) is 0 Å². The quantitative estimate of drug-likeness (QED) is 0.519. The molecule has 30 heavy (non-hydrogen) atoms. The van der Waals surface area contributed by atoms with Gasteiger partial charge in [-0.2, -0.15) is 8.78 Å². The first-order chi connectivity index (χ1) is 14.3. The number of carbonyl (C=O) groups is 3. The number of benzene rings is 1. The molecule has 4 aliphatic rings. The maximum atomic E-state index is 12.3. The highest BCUT2D eigenvalue weighted by Gasteiger charge is 2.51. The molecule has 0 aromatic heterocycles. The predicted molar refractivity (Wildman–Crippen MR) is 106 cm³/mol. The molecule has 4 saturated carbocycles. The van der Waals surface area contributed by atoms with Gasteiger partial charge in [-0.3, -0.25) is 10.1 Å². The number of hydrogen-bond donors (Lipinski definition) is 2. The summed E-state index contributed by atoms with van der Waals surface area (Å²) in [4.78, 5) is 36.7. The van der Waals surface area contributed by atoms with Crippen LogP contribution in [0, 0.1) is 17.8 Å². The van der Waals surface area contributed by atoms with E-state index in [0.717, 1.165) is 19.3 Å². The predicted octanol–water partition coefficient (Wildman–Crippen LogP) is 3.95. The zero-order chi connectivity index (χ0) is 21.3. The summed E-state index contributed by atoms with van der Waals surface area (Å²) in [6.45, 7) is -0.597. The second-order valence-corrected chi connectivity index (χ2v) is 9.74. The van der Waals surface area contributed by atoms with Gasteiger partial charge >= 0.3 is 12.0 Å². The smallest absolute Gasteiger partial charge is 0.338 e. The van der Waals surface area contributed by atoms with Crippen LogP contribution >= 0.6 is 11.8 Å². The second kappa shape index (κ2) is 8.53. The van der Waals surface area contributed by atoms with Crippen LogP contribution < -0.4 is 10.6 Å². The molecule has 1 aromatic rings. The number of imide groups is 1. The molecule has 3 amide bonds. The summed E-state index contributed by atoms with van der Waals surface area (Å²) >= 11 is 0.373. The van der Waals surface area contributed by atoms with Gasteiger partial charge in [0, 0.05) is 10.4 Å². The molecule has 4 aliphatic carbocycles. The Morgan fingerprint density at radius 3 is 2.13 bits per heavy atom. The lowest BCUT2D eigenvalue weighted by atomic mass is 9.53. The molecule has 4 bridgehead atoms. The first-order valence-electron chi connectivity index (χ1n) is 10.1. The van der Waals surface area contributed by atoms with Crippen LogP contribution in [0.5, 0.6) is 0 Å². The summed E-state index contributed by atoms with van der Waals surface area (Å²) in [6, 6.07) is 4.92. The molecule has 0 heterocycles. The lowest BCUT2D eigenvalue weighted by molar-refractivity contribution is -0.123. The van der Waals surface area contributed by atoms with Crippen molar-refractivity contribution in [3.8, 4) is 0 Å². The minimum Gasteiger partial charge on any atom is -0.452 e. The number of carbonyl (C=O) groups excluding carboxylic acids is 3. The number of thioether (sulfide) groups is 1. The highest BCUT2D eigenvalue weighted by atomic mass is 32.2. The minimum atomic E-state index is -2.55. The number of urea groups is 1. The lowest BCUT2D eigenvalue weighted by Crippen LogP contribution is -2.62. The molecule has 0 atom stereocenters. The third kappa shape index (κ3) is 4.94.